The number of hydrogen-bond donors (Lipinski definition) is 2. The van der Waals surface area contributed by atoms with E-state index < -0.39 is 5.97 Å². The van der Waals surface area contributed by atoms with Gasteiger partial charge in [0.1, 0.15) is 0 Å². The van der Waals surface area contributed by atoms with Gasteiger partial charge < -0.3 is 15.7 Å². The Balaban J connectivity index is 3.21. The molecule has 0 radical (unpaired) electrons. The summed E-state index contributed by atoms with van der Waals surface area (Å²) in [6, 6.07) is 5.21. The lowest BCUT2D eigenvalue weighted by Gasteiger charge is -2.37. The van der Waals surface area contributed by atoms with Gasteiger partial charge in [-0.25, -0.2) is 4.79 Å². The molecule has 1 aromatic rings. The molecule has 0 bridgehead atoms. The van der Waals surface area contributed by atoms with Crippen molar-refractivity contribution in [3.05, 3.63) is 23.8 Å². The standard InChI is InChI=1S/C14H22N2O2/c1-9(14(2,3)4)16(5)12-7-6-10(15)8-11(12)13(17)18/h6-9H,15H2,1-5H3,(H,17,18). The normalized spacial score (nSPS) is 13.2. The van der Waals surface area contributed by atoms with Crippen LogP contribution >= 0.6 is 0 Å². The molecular weight excluding hydrogens is 228 g/mol. The molecule has 3 N–H and O–H groups in total. The number of carboxylic acids is 1. The second kappa shape index (κ2) is 4.88. The third kappa shape index (κ3) is 2.94. The summed E-state index contributed by atoms with van der Waals surface area (Å²) in [7, 11) is 1.91. The van der Waals surface area contributed by atoms with E-state index in [0.717, 1.165) is 0 Å². The first kappa shape index (κ1) is 14.4. The lowest BCUT2D eigenvalue weighted by atomic mass is 9.86. The molecule has 0 saturated heterocycles. The Morgan fingerprint density at radius 3 is 2.39 bits per heavy atom. The van der Waals surface area contributed by atoms with Gasteiger partial charge in [0.2, 0.25) is 0 Å². The Bertz CT molecular complexity index is 450. The van der Waals surface area contributed by atoms with Gasteiger partial charge >= 0.3 is 5.97 Å². The molecule has 0 fully saturated rings. The largest absolute Gasteiger partial charge is 0.478 e. The third-order valence-electron chi connectivity index (χ3n) is 3.47. The molecule has 0 aliphatic rings. The smallest absolute Gasteiger partial charge is 0.337 e. The summed E-state index contributed by atoms with van der Waals surface area (Å²) in [6.07, 6.45) is 0. The molecule has 0 aromatic heterocycles. The van der Waals surface area contributed by atoms with Crippen LogP contribution in [0.25, 0.3) is 0 Å². The average Bonchev–Trinajstić information content (AvgIpc) is 2.25. The number of nitrogens with two attached hydrogens (primary N) is 1. The highest BCUT2D eigenvalue weighted by molar-refractivity contribution is 5.95. The van der Waals surface area contributed by atoms with E-state index >= 15 is 0 Å². The highest BCUT2D eigenvalue weighted by atomic mass is 16.4. The summed E-state index contributed by atoms with van der Waals surface area (Å²) < 4.78 is 0. The van der Waals surface area contributed by atoms with Gasteiger partial charge in [0.15, 0.2) is 0 Å². The summed E-state index contributed by atoms with van der Waals surface area (Å²) in [5, 5.41) is 9.24. The average molecular weight is 250 g/mol. The molecule has 0 aliphatic heterocycles. The predicted octanol–water partition coefficient (Wildman–Crippen LogP) is 2.84. The van der Waals surface area contributed by atoms with E-state index in [-0.39, 0.29) is 17.0 Å². The SMILES string of the molecule is CC(N(C)c1ccc(N)cc1C(=O)O)C(C)(C)C. The number of hydrogen-bond acceptors (Lipinski definition) is 3. The molecule has 0 aliphatic carbocycles. The molecule has 18 heavy (non-hydrogen) atoms. The molecule has 0 amide bonds. The summed E-state index contributed by atoms with van der Waals surface area (Å²) in [4.78, 5) is 13.3. The van der Waals surface area contributed by atoms with Crippen LogP contribution in [0.3, 0.4) is 0 Å². The van der Waals surface area contributed by atoms with Gasteiger partial charge in [-0.05, 0) is 30.5 Å². The fraction of sp³-hybridized carbons (Fsp3) is 0.500. The first-order valence-corrected chi connectivity index (χ1v) is 6.00. The van der Waals surface area contributed by atoms with Crippen LogP contribution in [0, 0.1) is 5.41 Å². The highest BCUT2D eigenvalue weighted by Crippen LogP contribution is 2.30. The Morgan fingerprint density at radius 2 is 1.94 bits per heavy atom. The number of aromatic carboxylic acids is 1. The molecule has 100 valence electrons. The summed E-state index contributed by atoms with van der Waals surface area (Å²) in [5.41, 5.74) is 7.11. The molecule has 1 rings (SSSR count). The van der Waals surface area contributed by atoms with E-state index in [0.29, 0.717) is 11.4 Å². The topological polar surface area (TPSA) is 66.6 Å². The van der Waals surface area contributed by atoms with E-state index in [2.05, 4.69) is 27.7 Å². The number of nitrogens with zero attached hydrogens (tertiary/aromatic N) is 1. The van der Waals surface area contributed by atoms with E-state index in [4.69, 9.17) is 5.73 Å². The van der Waals surface area contributed by atoms with Crippen LogP contribution < -0.4 is 10.6 Å². The first-order valence-electron chi connectivity index (χ1n) is 6.00. The molecule has 0 spiro atoms. The Labute approximate surface area is 108 Å². The number of carboxylic acid groups (broad SMARTS) is 1. The van der Waals surface area contributed by atoms with Gasteiger partial charge in [0.05, 0.1) is 11.3 Å². The Hall–Kier alpha value is -1.71. The number of benzene rings is 1. The summed E-state index contributed by atoms with van der Waals surface area (Å²) >= 11 is 0. The molecule has 1 unspecified atom stereocenters. The Kier molecular flexibility index (Phi) is 3.89. The summed E-state index contributed by atoms with van der Waals surface area (Å²) in [5.74, 6) is -0.953. The second-order valence-electron chi connectivity index (χ2n) is 5.73. The monoisotopic (exact) mass is 250 g/mol. The quantitative estimate of drug-likeness (QED) is 0.809. The minimum absolute atomic E-state index is 0.0614. The zero-order valence-electron chi connectivity index (χ0n) is 11.7. The van der Waals surface area contributed by atoms with Gasteiger partial charge in [-0.2, -0.15) is 0 Å². The zero-order chi connectivity index (χ0) is 14.1. The van der Waals surface area contributed by atoms with E-state index in [1.165, 1.54) is 6.07 Å². The van der Waals surface area contributed by atoms with Crippen LogP contribution in [-0.4, -0.2) is 24.2 Å². The molecule has 4 nitrogen and oxygen atoms in total. The maximum atomic E-state index is 11.3. The van der Waals surface area contributed by atoms with Crippen molar-refractivity contribution in [2.45, 2.75) is 33.7 Å². The highest BCUT2D eigenvalue weighted by Gasteiger charge is 2.26. The van der Waals surface area contributed by atoms with Crippen LogP contribution in [0.5, 0.6) is 0 Å². The van der Waals surface area contributed by atoms with Crippen molar-refractivity contribution < 1.29 is 9.90 Å². The van der Waals surface area contributed by atoms with Gasteiger partial charge in [-0.3, -0.25) is 0 Å². The van der Waals surface area contributed by atoms with Crippen LogP contribution in [-0.2, 0) is 0 Å². The van der Waals surface area contributed by atoms with E-state index in [9.17, 15) is 9.90 Å². The van der Waals surface area contributed by atoms with Crippen molar-refractivity contribution in [1.82, 2.24) is 0 Å². The van der Waals surface area contributed by atoms with Crippen LogP contribution in [0.15, 0.2) is 18.2 Å². The van der Waals surface area contributed by atoms with Gasteiger partial charge in [0, 0.05) is 18.8 Å². The number of carbonyl (C=O) groups is 1. The van der Waals surface area contributed by atoms with Crippen molar-refractivity contribution in [3.8, 4) is 0 Å². The fourth-order valence-corrected chi connectivity index (χ4v) is 1.82. The third-order valence-corrected chi connectivity index (χ3v) is 3.47. The van der Waals surface area contributed by atoms with Crippen LogP contribution in [0.4, 0.5) is 11.4 Å². The Morgan fingerprint density at radius 1 is 1.39 bits per heavy atom. The predicted molar refractivity (Wildman–Crippen MR) is 75.1 cm³/mol. The first-order chi connectivity index (χ1) is 8.14. The maximum absolute atomic E-state index is 11.3. The molecule has 0 saturated carbocycles. The van der Waals surface area contributed by atoms with Crippen molar-refractivity contribution in [2.24, 2.45) is 5.41 Å². The maximum Gasteiger partial charge on any atom is 0.337 e. The van der Waals surface area contributed by atoms with Gasteiger partial charge in [-0.15, -0.1) is 0 Å². The van der Waals surface area contributed by atoms with E-state index in [1.807, 2.05) is 11.9 Å². The second-order valence-corrected chi connectivity index (χ2v) is 5.73. The minimum atomic E-state index is -0.953. The van der Waals surface area contributed by atoms with Crippen molar-refractivity contribution in [3.63, 3.8) is 0 Å². The van der Waals surface area contributed by atoms with Crippen LogP contribution in [0.2, 0.25) is 0 Å². The van der Waals surface area contributed by atoms with Crippen LogP contribution in [0.1, 0.15) is 38.1 Å². The van der Waals surface area contributed by atoms with Crippen molar-refractivity contribution >= 4 is 17.3 Å². The molecule has 4 heteroatoms. The summed E-state index contributed by atoms with van der Waals surface area (Å²) in [6.45, 7) is 8.48. The molecule has 1 atom stereocenters. The van der Waals surface area contributed by atoms with E-state index in [1.54, 1.807) is 12.1 Å². The molecule has 0 heterocycles. The minimum Gasteiger partial charge on any atom is -0.478 e. The van der Waals surface area contributed by atoms with Crippen molar-refractivity contribution in [1.29, 1.82) is 0 Å². The fourth-order valence-electron chi connectivity index (χ4n) is 1.82. The lowest BCUT2D eigenvalue weighted by molar-refractivity contribution is 0.0697. The zero-order valence-corrected chi connectivity index (χ0v) is 11.7. The van der Waals surface area contributed by atoms with Gasteiger partial charge in [-0.1, -0.05) is 20.8 Å². The number of nitrogen functional groups attached to an aromatic ring is 1. The van der Waals surface area contributed by atoms with Gasteiger partial charge in [0.25, 0.3) is 0 Å². The van der Waals surface area contributed by atoms with Crippen molar-refractivity contribution in [2.75, 3.05) is 17.7 Å². The lowest BCUT2D eigenvalue weighted by Crippen LogP contribution is -2.40. The molecule has 1 aromatic carbocycles. The number of rotatable bonds is 3. The number of anilines is 2. The molecular formula is C14H22N2O2.